The Labute approximate surface area is 191 Å². The third kappa shape index (κ3) is 7.22. The Morgan fingerprint density at radius 3 is 2.36 bits per heavy atom. The molecule has 3 aromatic carbocycles. The van der Waals surface area contributed by atoms with Crippen molar-refractivity contribution in [3.63, 3.8) is 0 Å². The molecule has 0 fully saturated rings. The first-order valence-electron chi connectivity index (χ1n) is 10.0. The number of nitrogens with one attached hydrogen (secondary N) is 2. The summed E-state index contributed by atoms with van der Waals surface area (Å²) in [5, 5.41) is 15.6. The summed E-state index contributed by atoms with van der Waals surface area (Å²) >= 11 is 0. The summed E-state index contributed by atoms with van der Waals surface area (Å²) in [6.45, 7) is 0.284. The highest BCUT2D eigenvalue weighted by atomic mass is 16.5. The van der Waals surface area contributed by atoms with E-state index >= 15 is 0 Å². The number of methoxy groups -OCH3 is 1. The highest BCUT2D eigenvalue weighted by Gasteiger charge is 2.09. The van der Waals surface area contributed by atoms with Gasteiger partial charge in [0.05, 0.1) is 25.0 Å². The highest BCUT2D eigenvalue weighted by molar-refractivity contribution is 6.03. The van der Waals surface area contributed by atoms with Crippen LogP contribution < -0.4 is 20.2 Å². The summed E-state index contributed by atoms with van der Waals surface area (Å²) in [7, 11) is 1.55. The molecule has 166 valence electrons. The summed E-state index contributed by atoms with van der Waals surface area (Å²) in [6, 6.07) is 23.3. The molecule has 0 atom stereocenters. The first-order valence-corrected chi connectivity index (χ1v) is 10.0. The zero-order chi connectivity index (χ0) is 23.5. The van der Waals surface area contributed by atoms with Crippen LogP contribution in [0.5, 0.6) is 11.5 Å². The summed E-state index contributed by atoms with van der Waals surface area (Å²) in [5.41, 5.74) is 5.02. The van der Waals surface area contributed by atoms with Crippen molar-refractivity contribution in [2.45, 2.75) is 13.0 Å². The quantitative estimate of drug-likeness (QED) is 0.299. The molecule has 0 unspecified atom stereocenters. The summed E-state index contributed by atoms with van der Waals surface area (Å²) in [4.78, 5) is 23.9. The van der Waals surface area contributed by atoms with Gasteiger partial charge in [-0.3, -0.25) is 9.59 Å². The molecule has 0 aliphatic heterocycles. The minimum atomic E-state index is -0.534. The van der Waals surface area contributed by atoms with Gasteiger partial charge in [0.25, 0.3) is 0 Å². The smallest absolute Gasteiger partial charge is 0.249 e. The SMILES string of the molecule is COc1ccc(NC(=O)CC(=O)NN=Cc2ccc(OCc3ccccc3C#N)cc2)cc1. The molecule has 0 saturated carbocycles. The van der Waals surface area contributed by atoms with Crippen LogP contribution in [0.15, 0.2) is 77.9 Å². The fourth-order valence-corrected chi connectivity index (χ4v) is 2.81. The van der Waals surface area contributed by atoms with Crippen LogP contribution in [0, 0.1) is 11.3 Å². The van der Waals surface area contributed by atoms with E-state index in [0.29, 0.717) is 22.7 Å². The number of nitriles is 1. The number of benzene rings is 3. The summed E-state index contributed by atoms with van der Waals surface area (Å²) < 4.78 is 10.8. The van der Waals surface area contributed by atoms with E-state index in [1.165, 1.54) is 6.21 Å². The summed E-state index contributed by atoms with van der Waals surface area (Å²) in [5.74, 6) is 0.323. The maximum Gasteiger partial charge on any atom is 0.249 e. The standard InChI is InChI=1S/C25H22N4O4/c1-32-22-12-8-21(9-13-22)28-24(30)14-25(31)29-27-16-18-6-10-23(11-7-18)33-17-20-5-3-2-4-19(20)15-26/h2-13,16H,14,17H2,1H3,(H,28,30)(H,29,31). The normalized spacial score (nSPS) is 10.3. The lowest BCUT2D eigenvalue weighted by Crippen LogP contribution is -2.24. The molecule has 0 bridgehead atoms. The highest BCUT2D eigenvalue weighted by Crippen LogP contribution is 2.16. The van der Waals surface area contributed by atoms with E-state index in [4.69, 9.17) is 14.7 Å². The Morgan fingerprint density at radius 1 is 0.970 bits per heavy atom. The largest absolute Gasteiger partial charge is 0.497 e. The molecule has 3 rings (SSSR count). The van der Waals surface area contributed by atoms with Gasteiger partial charge in [0.15, 0.2) is 0 Å². The zero-order valence-corrected chi connectivity index (χ0v) is 17.9. The first kappa shape index (κ1) is 23.0. The lowest BCUT2D eigenvalue weighted by atomic mass is 10.1. The fraction of sp³-hybridized carbons (Fsp3) is 0.120. The minimum Gasteiger partial charge on any atom is -0.497 e. The number of hydrogen-bond donors (Lipinski definition) is 2. The number of nitrogens with zero attached hydrogens (tertiary/aromatic N) is 2. The molecule has 8 nitrogen and oxygen atoms in total. The first-order chi connectivity index (χ1) is 16.1. The van der Waals surface area contributed by atoms with E-state index in [1.54, 1.807) is 61.7 Å². The van der Waals surface area contributed by atoms with Crippen molar-refractivity contribution >= 4 is 23.7 Å². The van der Waals surface area contributed by atoms with E-state index in [-0.39, 0.29) is 13.0 Å². The maximum atomic E-state index is 12.0. The van der Waals surface area contributed by atoms with Gasteiger partial charge >= 0.3 is 0 Å². The Kier molecular flexibility index (Phi) is 8.15. The molecule has 2 amide bonds. The van der Waals surface area contributed by atoms with Crippen molar-refractivity contribution in [1.82, 2.24) is 5.43 Å². The van der Waals surface area contributed by atoms with Gasteiger partial charge in [-0.25, -0.2) is 5.43 Å². The molecule has 8 heteroatoms. The van der Waals surface area contributed by atoms with Gasteiger partial charge in [-0.2, -0.15) is 10.4 Å². The number of hydrazone groups is 1. The van der Waals surface area contributed by atoms with Crippen LogP contribution in [0.3, 0.4) is 0 Å². The molecule has 0 aromatic heterocycles. The maximum absolute atomic E-state index is 12.0. The topological polar surface area (TPSA) is 113 Å². The second-order valence-corrected chi connectivity index (χ2v) is 6.87. The Morgan fingerprint density at radius 2 is 1.67 bits per heavy atom. The molecule has 0 aliphatic carbocycles. The van der Waals surface area contributed by atoms with Gasteiger partial charge in [0, 0.05) is 11.3 Å². The Hall–Kier alpha value is -4.64. The van der Waals surface area contributed by atoms with Gasteiger partial charge in [0.2, 0.25) is 11.8 Å². The van der Waals surface area contributed by atoms with Crippen LogP contribution in [0.25, 0.3) is 0 Å². The predicted molar refractivity (Wildman–Crippen MR) is 124 cm³/mol. The number of carbonyl (C=O) groups excluding carboxylic acids is 2. The Balaban J connectivity index is 1.43. The molecule has 33 heavy (non-hydrogen) atoms. The fourth-order valence-electron chi connectivity index (χ4n) is 2.81. The second-order valence-electron chi connectivity index (χ2n) is 6.87. The van der Waals surface area contributed by atoms with E-state index in [0.717, 1.165) is 11.1 Å². The van der Waals surface area contributed by atoms with E-state index in [2.05, 4.69) is 21.9 Å². The molecule has 2 N–H and O–H groups in total. The number of rotatable bonds is 9. The monoisotopic (exact) mass is 442 g/mol. The second kappa shape index (κ2) is 11.7. The zero-order valence-electron chi connectivity index (χ0n) is 17.9. The lowest BCUT2D eigenvalue weighted by molar-refractivity contribution is -0.126. The van der Waals surface area contributed by atoms with Crippen LogP contribution in [-0.2, 0) is 16.2 Å². The van der Waals surface area contributed by atoms with Crippen LogP contribution in [0.1, 0.15) is 23.1 Å². The Bertz CT molecular complexity index is 1170. The van der Waals surface area contributed by atoms with Crippen molar-refractivity contribution < 1.29 is 19.1 Å². The average molecular weight is 442 g/mol. The van der Waals surface area contributed by atoms with Gasteiger partial charge in [-0.05, 0) is 60.2 Å². The van der Waals surface area contributed by atoms with E-state index in [1.807, 2.05) is 18.2 Å². The van der Waals surface area contributed by atoms with Crippen molar-refractivity contribution in [3.05, 3.63) is 89.5 Å². The molecule has 0 spiro atoms. The molecule has 0 radical (unpaired) electrons. The van der Waals surface area contributed by atoms with E-state index in [9.17, 15) is 9.59 Å². The van der Waals surface area contributed by atoms with Crippen LogP contribution in [-0.4, -0.2) is 25.1 Å². The molecule has 3 aromatic rings. The molecular formula is C25H22N4O4. The van der Waals surface area contributed by atoms with Crippen LogP contribution in [0.4, 0.5) is 5.69 Å². The van der Waals surface area contributed by atoms with Crippen molar-refractivity contribution in [2.24, 2.45) is 5.10 Å². The van der Waals surface area contributed by atoms with Crippen molar-refractivity contribution in [1.29, 1.82) is 5.26 Å². The van der Waals surface area contributed by atoms with Gasteiger partial charge in [0.1, 0.15) is 24.5 Å². The van der Waals surface area contributed by atoms with E-state index < -0.39 is 11.8 Å². The van der Waals surface area contributed by atoms with Crippen LogP contribution >= 0.6 is 0 Å². The number of hydrogen-bond acceptors (Lipinski definition) is 6. The molecule has 0 heterocycles. The van der Waals surface area contributed by atoms with Crippen molar-refractivity contribution in [2.75, 3.05) is 12.4 Å². The van der Waals surface area contributed by atoms with Gasteiger partial charge < -0.3 is 14.8 Å². The molecular weight excluding hydrogens is 420 g/mol. The number of amides is 2. The third-order valence-corrected chi connectivity index (χ3v) is 4.51. The predicted octanol–water partition coefficient (Wildman–Crippen LogP) is 3.62. The number of anilines is 1. The lowest BCUT2D eigenvalue weighted by Gasteiger charge is -2.07. The van der Waals surface area contributed by atoms with Gasteiger partial charge in [-0.15, -0.1) is 0 Å². The number of carbonyl (C=O) groups is 2. The molecule has 0 aliphatic rings. The van der Waals surface area contributed by atoms with Crippen molar-refractivity contribution in [3.8, 4) is 17.6 Å². The minimum absolute atomic E-state index is 0.284. The van der Waals surface area contributed by atoms with Crippen LogP contribution in [0.2, 0.25) is 0 Å². The number of ether oxygens (including phenoxy) is 2. The molecule has 0 saturated heterocycles. The summed E-state index contributed by atoms with van der Waals surface area (Å²) in [6.07, 6.45) is 1.11. The third-order valence-electron chi connectivity index (χ3n) is 4.51. The average Bonchev–Trinajstić information content (AvgIpc) is 2.84. The van der Waals surface area contributed by atoms with Gasteiger partial charge in [-0.1, -0.05) is 18.2 Å².